The maximum atomic E-state index is 13.5. The van der Waals surface area contributed by atoms with Crippen LogP contribution < -0.4 is 5.32 Å². The average molecular weight is 364 g/mol. The van der Waals surface area contributed by atoms with Crippen molar-refractivity contribution in [1.29, 1.82) is 0 Å². The van der Waals surface area contributed by atoms with Gasteiger partial charge in [-0.25, -0.2) is 4.39 Å². The van der Waals surface area contributed by atoms with Gasteiger partial charge >= 0.3 is 0 Å². The Morgan fingerprint density at radius 3 is 2.27 bits per heavy atom. The summed E-state index contributed by atoms with van der Waals surface area (Å²) in [6.45, 7) is 12.4. The Labute approximate surface area is 155 Å². The topological polar surface area (TPSA) is 66.5 Å². The van der Waals surface area contributed by atoms with Crippen LogP contribution in [0.5, 0.6) is 0 Å². The van der Waals surface area contributed by atoms with Crippen molar-refractivity contribution in [1.82, 2.24) is 10.2 Å². The van der Waals surface area contributed by atoms with Gasteiger partial charge in [-0.2, -0.15) is 0 Å². The third-order valence-electron chi connectivity index (χ3n) is 3.80. The first-order valence-corrected chi connectivity index (χ1v) is 9.14. The molecule has 0 spiro atoms. The first-order chi connectivity index (χ1) is 12.2. The van der Waals surface area contributed by atoms with E-state index in [9.17, 15) is 18.8 Å². The van der Waals surface area contributed by atoms with Gasteiger partial charge in [0.15, 0.2) is 0 Å². The second-order valence-electron chi connectivity index (χ2n) is 6.89. The monoisotopic (exact) mass is 364 g/mol. The molecule has 0 aromatic heterocycles. The van der Waals surface area contributed by atoms with Gasteiger partial charge in [0.05, 0.1) is 0 Å². The number of fused-ring (bicyclic) bond motifs is 1. The minimum atomic E-state index is -0.657. The van der Waals surface area contributed by atoms with E-state index >= 15 is 0 Å². The van der Waals surface area contributed by atoms with E-state index < -0.39 is 17.8 Å². The standard InChI is InChI=1S/C14H13FN2O3.C4H10.C2H6/c1-7-4-8-6-17(14(20)9(8)5-10(7)15)11-2-3-12(18)16-13(11)19;1-4(2)3;1-2/h4-5,11H,2-3,6H2,1H3,(H,16,18,19);4H,1-3H3;1-2H3. The molecule has 1 atom stereocenters. The Hall–Kier alpha value is -2.24. The smallest absolute Gasteiger partial charge is 0.255 e. The van der Waals surface area contributed by atoms with Crippen LogP contribution in [0.15, 0.2) is 12.1 Å². The van der Waals surface area contributed by atoms with Gasteiger partial charge in [0.2, 0.25) is 11.8 Å². The van der Waals surface area contributed by atoms with Gasteiger partial charge in [-0.15, -0.1) is 0 Å². The lowest BCUT2D eigenvalue weighted by atomic mass is 10.0. The van der Waals surface area contributed by atoms with Crippen molar-refractivity contribution in [2.24, 2.45) is 5.92 Å². The van der Waals surface area contributed by atoms with Crippen molar-refractivity contribution in [2.75, 3.05) is 0 Å². The van der Waals surface area contributed by atoms with E-state index in [4.69, 9.17) is 0 Å². The Kier molecular flexibility index (Phi) is 7.93. The van der Waals surface area contributed by atoms with Gasteiger partial charge in [-0.3, -0.25) is 19.7 Å². The highest BCUT2D eigenvalue weighted by atomic mass is 19.1. The summed E-state index contributed by atoms with van der Waals surface area (Å²) in [6.07, 6.45) is 0.524. The van der Waals surface area contributed by atoms with E-state index in [0.717, 1.165) is 11.5 Å². The first kappa shape index (κ1) is 21.8. The van der Waals surface area contributed by atoms with Gasteiger partial charge in [0.25, 0.3) is 5.91 Å². The predicted molar refractivity (Wildman–Crippen MR) is 99.0 cm³/mol. The quantitative estimate of drug-likeness (QED) is 0.775. The van der Waals surface area contributed by atoms with E-state index in [0.29, 0.717) is 17.5 Å². The summed E-state index contributed by atoms with van der Waals surface area (Å²) in [5.41, 5.74) is 1.50. The van der Waals surface area contributed by atoms with E-state index in [-0.39, 0.29) is 24.8 Å². The van der Waals surface area contributed by atoms with Crippen LogP contribution in [0.2, 0.25) is 0 Å². The molecule has 0 bridgehead atoms. The Morgan fingerprint density at radius 2 is 1.73 bits per heavy atom. The van der Waals surface area contributed by atoms with Crippen LogP contribution in [-0.4, -0.2) is 28.7 Å². The van der Waals surface area contributed by atoms with E-state index in [1.54, 1.807) is 13.0 Å². The molecule has 0 aliphatic carbocycles. The lowest BCUT2D eigenvalue weighted by Crippen LogP contribution is -2.52. The predicted octanol–water partition coefficient (Wildman–Crippen LogP) is 3.58. The largest absolute Gasteiger partial charge is 0.322 e. The maximum absolute atomic E-state index is 13.5. The fraction of sp³-hybridized carbons (Fsp3) is 0.550. The molecule has 1 unspecified atom stereocenters. The fourth-order valence-electron chi connectivity index (χ4n) is 2.71. The highest BCUT2D eigenvalue weighted by molar-refractivity contribution is 6.05. The Morgan fingerprint density at radius 1 is 1.15 bits per heavy atom. The third-order valence-corrected chi connectivity index (χ3v) is 3.80. The van der Waals surface area contributed by atoms with Gasteiger partial charge in [-0.1, -0.05) is 40.7 Å². The maximum Gasteiger partial charge on any atom is 0.255 e. The van der Waals surface area contributed by atoms with Gasteiger partial charge < -0.3 is 4.90 Å². The number of nitrogens with zero attached hydrogens (tertiary/aromatic N) is 1. The summed E-state index contributed by atoms with van der Waals surface area (Å²) >= 11 is 0. The lowest BCUT2D eigenvalue weighted by Gasteiger charge is -2.29. The summed E-state index contributed by atoms with van der Waals surface area (Å²) < 4.78 is 13.5. The van der Waals surface area contributed by atoms with Crippen LogP contribution in [0, 0.1) is 18.7 Å². The van der Waals surface area contributed by atoms with Crippen molar-refractivity contribution >= 4 is 17.7 Å². The number of carbonyl (C=O) groups is 3. The molecule has 1 aromatic rings. The number of hydrogen-bond donors (Lipinski definition) is 1. The third kappa shape index (κ3) is 5.13. The SMILES string of the molecule is CC.CC(C)C.Cc1cc2c(cc1F)C(=O)N(C1CCC(=O)NC1=O)C2. The molecule has 144 valence electrons. The number of amides is 3. The molecule has 1 aromatic carbocycles. The zero-order valence-electron chi connectivity index (χ0n) is 16.5. The molecular weight excluding hydrogens is 335 g/mol. The highest BCUT2D eigenvalue weighted by Gasteiger charge is 2.39. The summed E-state index contributed by atoms with van der Waals surface area (Å²) in [5, 5.41) is 2.23. The highest BCUT2D eigenvalue weighted by Crippen LogP contribution is 2.29. The Balaban J connectivity index is 0.000000500. The van der Waals surface area contributed by atoms with E-state index in [1.807, 2.05) is 13.8 Å². The van der Waals surface area contributed by atoms with Crippen molar-refractivity contribution in [2.45, 2.75) is 67.0 Å². The number of carbonyl (C=O) groups excluding carboxylic acids is 3. The number of aryl methyl sites for hydroxylation is 1. The van der Waals surface area contributed by atoms with Crippen molar-refractivity contribution in [3.63, 3.8) is 0 Å². The van der Waals surface area contributed by atoms with Crippen LogP contribution in [0.1, 0.15) is 68.9 Å². The van der Waals surface area contributed by atoms with Crippen LogP contribution in [0.4, 0.5) is 4.39 Å². The normalized spacial score (nSPS) is 18.5. The zero-order chi connectivity index (χ0) is 20.0. The van der Waals surface area contributed by atoms with Gasteiger partial charge in [-0.05, 0) is 36.5 Å². The number of halogens is 1. The number of imide groups is 1. The molecule has 2 aliphatic rings. The molecule has 3 rings (SSSR count). The molecule has 1 N–H and O–H groups in total. The number of piperidine rings is 1. The van der Waals surface area contributed by atoms with E-state index in [1.165, 1.54) is 11.0 Å². The lowest BCUT2D eigenvalue weighted by molar-refractivity contribution is -0.136. The summed E-state index contributed by atoms with van der Waals surface area (Å²) in [4.78, 5) is 36.6. The summed E-state index contributed by atoms with van der Waals surface area (Å²) in [5.74, 6) is -0.729. The molecule has 2 aliphatic heterocycles. The Bertz CT molecular complexity index is 683. The summed E-state index contributed by atoms with van der Waals surface area (Å²) in [7, 11) is 0. The molecule has 0 saturated carbocycles. The van der Waals surface area contributed by atoms with Crippen LogP contribution >= 0.6 is 0 Å². The average Bonchev–Trinajstić information content (AvgIpc) is 2.86. The minimum absolute atomic E-state index is 0.212. The van der Waals surface area contributed by atoms with Crippen LogP contribution in [0.25, 0.3) is 0 Å². The van der Waals surface area contributed by atoms with E-state index in [2.05, 4.69) is 26.1 Å². The second-order valence-corrected chi connectivity index (χ2v) is 6.89. The number of rotatable bonds is 1. The number of benzene rings is 1. The van der Waals surface area contributed by atoms with Crippen LogP contribution in [-0.2, 0) is 16.1 Å². The molecule has 3 amide bonds. The number of hydrogen-bond acceptors (Lipinski definition) is 3. The zero-order valence-corrected chi connectivity index (χ0v) is 16.5. The number of nitrogens with one attached hydrogen (secondary N) is 1. The van der Waals surface area contributed by atoms with Crippen molar-refractivity contribution in [3.05, 3.63) is 34.6 Å². The van der Waals surface area contributed by atoms with Crippen molar-refractivity contribution in [3.8, 4) is 0 Å². The molecule has 5 nitrogen and oxygen atoms in total. The minimum Gasteiger partial charge on any atom is -0.322 e. The molecule has 1 fully saturated rings. The molecular formula is C20H29FN2O3. The first-order valence-electron chi connectivity index (χ1n) is 9.14. The second kappa shape index (κ2) is 9.46. The molecule has 26 heavy (non-hydrogen) atoms. The molecule has 2 heterocycles. The van der Waals surface area contributed by atoms with Gasteiger partial charge in [0, 0.05) is 18.5 Å². The van der Waals surface area contributed by atoms with Crippen LogP contribution in [0.3, 0.4) is 0 Å². The van der Waals surface area contributed by atoms with Gasteiger partial charge in [0.1, 0.15) is 11.9 Å². The molecule has 0 radical (unpaired) electrons. The molecule has 6 heteroatoms. The molecule has 1 saturated heterocycles. The van der Waals surface area contributed by atoms with Crippen molar-refractivity contribution < 1.29 is 18.8 Å². The summed E-state index contributed by atoms with van der Waals surface area (Å²) in [6, 6.07) is 2.20. The fourth-order valence-corrected chi connectivity index (χ4v) is 2.71.